The molecule has 6 heteroatoms. The van der Waals surface area contributed by atoms with Gasteiger partial charge in [-0.1, -0.05) is 19.1 Å². The Morgan fingerprint density at radius 1 is 1.08 bits per heavy atom. The lowest BCUT2D eigenvalue weighted by Crippen LogP contribution is -2.43. The fourth-order valence-corrected chi connectivity index (χ4v) is 2.27. The molecule has 0 atom stereocenters. The highest BCUT2D eigenvalue weighted by atomic mass is 16.5. The Hall–Kier alpha value is -2.08. The lowest BCUT2D eigenvalue weighted by Gasteiger charge is -2.23. The second-order valence-corrected chi connectivity index (χ2v) is 5.58. The van der Waals surface area contributed by atoms with Crippen LogP contribution in [0, 0.1) is 0 Å². The molecule has 1 rings (SSSR count). The minimum absolute atomic E-state index is 0.00460. The van der Waals surface area contributed by atoms with Crippen LogP contribution in [0.5, 0.6) is 5.75 Å². The van der Waals surface area contributed by atoms with E-state index >= 15 is 0 Å². The molecule has 1 N–H and O–H groups in total. The Morgan fingerprint density at radius 3 is 2.29 bits per heavy atom. The van der Waals surface area contributed by atoms with E-state index in [4.69, 9.17) is 4.74 Å². The first-order valence-corrected chi connectivity index (χ1v) is 8.44. The predicted molar refractivity (Wildman–Crippen MR) is 94.9 cm³/mol. The Labute approximate surface area is 144 Å². The number of amides is 2. The fraction of sp³-hybridized carbons (Fsp3) is 0.556. The molecule has 0 aliphatic carbocycles. The van der Waals surface area contributed by atoms with Gasteiger partial charge < -0.3 is 15.0 Å². The highest BCUT2D eigenvalue weighted by molar-refractivity contribution is 5.81. The summed E-state index contributed by atoms with van der Waals surface area (Å²) >= 11 is 0. The number of nitrogens with one attached hydrogen (secondary N) is 1. The van der Waals surface area contributed by atoms with Crippen molar-refractivity contribution in [2.24, 2.45) is 0 Å². The number of ether oxygens (including phenoxy) is 1. The van der Waals surface area contributed by atoms with E-state index in [-0.39, 0.29) is 24.9 Å². The third kappa shape index (κ3) is 7.00. The topological polar surface area (TPSA) is 61.9 Å². The summed E-state index contributed by atoms with van der Waals surface area (Å²) in [5.74, 6) is 0.769. The van der Waals surface area contributed by atoms with E-state index in [9.17, 15) is 9.59 Å². The van der Waals surface area contributed by atoms with Gasteiger partial charge in [-0.3, -0.25) is 14.5 Å². The summed E-state index contributed by atoms with van der Waals surface area (Å²) in [7, 11) is 1.78. The van der Waals surface area contributed by atoms with Gasteiger partial charge in [-0.05, 0) is 38.1 Å². The van der Waals surface area contributed by atoms with Crippen molar-refractivity contribution < 1.29 is 14.3 Å². The van der Waals surface area contributed by atoms with Gasteiger partial charge in [0.25, 0.3) is 0 Å². The molecule has 0 aliphatic heterocycles. The molecule has 0 fully saturated rings. The first kappa shape index (κ1) is 20.0. The molecule has 24 heavy (non-hydrogen) atoms. The summed E-state index contributed by atoms with van der Waals surface area (Å²) in [6.07, 6.45) is 0. The zero-order valence-electron chi connectivity index (χ0n) is 15.2. The van der Waals surface area contributed by atoms with Crippen LogP contribution in [0.4, 0.5) is 0 Å². The number of carbonyl (C=O) groups excluding carboxylic acids is 2. The maximum atomic E-state index is 12.4. The molecule has 0 radical (unpaired) electrons. The number of nitrogens with zero attached hydrogens (tertiary/aromatic N) is 2. The number of benzene rings is 1. The third-order valence-electron chi connectivity index (χ3n) is 3.63. The Balaban J connectivity index is 2.51. The third-order valence-corrected chi connectivity index (χ3v) is 3.63. The van der Waals surface area contributed by atoms with E-state index < -0.39 is 0 Å². The summed E-state index contributed by atoms with van der Waals surface area (Å²) in [5, 5.41) is 2.75. The fourth-order valence-electron chi connectivity index (χ4n) is 2.27. The SMILES string of the molecule is CCNC(=O)CN(CC)CC(=O)N(C)Cc1ccc(OCC)cc1. The molecule has 0 unspecified atom stereocenters. The molecule has 0 aromatic heterocycles. The molecule has 1 aromatic carbocycles. The number of hydrogen-bond donors (Lipinski definition) is 1. The average molecular weight is 335 g/mol. The molecular formula is C18H29N3O3. The zero-order valence-corrected chi connectivity index (χ0v) is 15.2. The predicted octanol–water partition coefficient (Wildman–Crippen LogP) is 1.50. The Bertz CT molecular complexity index is 517. The van der Waals surface area contributed by atoms with Crippen LogP contribution in [0.3, 0.4) is 0 Å². The average Bonchev–Trinajstić information content (AvgIpc) is 2.56. The number of rotatable bonds is 10. The van der Waals surface area contributed by atoms with Crippen molar-refractivity contribution in [2.75, 3.05) is 39.8 Å². The molecule has 0 saturated heterocycles. The van der Waals surface area contributed by atoms with Crippen molar-refractivity contribution in [3.8, 4) is 5.75 Å². The number of hydrogen-bond acceptors (Lipinski definition) is 4. The molecule has 0 spiro atoms. The minimum Gasteiger partial charge on any atom is -0.494 e. The van der Waals surface area contributed by atoms with Crippen LogP contribution >= 0.6 is 0 Å². The van der Waals surface area contributed by atoms with Crippen molar-refractivity contribution in [3.05, 3.63) is 29.8 Å². The van der Waals surface area contributed by atoms with E-state index in [1.54, 1.807) is 11.9 Å². The van der Waals surface area contributed by atoms with Crippen LogP contribution in [-0.4, -0.2) is 61.4 Å². The van der Waals surface area contributed by atoms with Crippen LogP contribution in [0.25, 0.3) is 0 Å². The molecule has 2 amide bonds. The van der Waals surface area contributed by atoms with E-state index in [1.165, 1.54) is 0 Å². The van der Waals surface area contributed by atoms with E-state index in [0.29, 0.717) is 26.2 Å². The van der Waals surface area contributed by atoms with Crippen molar-refractivity contribution in [3.63, 3.8) is 0 Å². The second-order valence-electron chi connectivity index (χ2n) is 5.58. The van der Waals surface area contributed by atoms with Gasteiger partial charge in [0, 0.05) is 20.1 Å². The van der Waals surface area contributed by atoms with Crippen molar-refractivity contribution >= 4 is 11.8 Å². The molecule has 1 aromatic rings. The highest BCUT2D eigenvalue weighted by Crippen LogP contribution is 2.13. The molecule has 0 heterocycles. The normalized spacial score (nSPS) is 10.5. The van der Waals surface area contributed by atoms with Crippen LogP contribution in [0.1, 0.15) is 26.3 Å². The molecule has 134 valence electrons. The van der Waals surface area contributed by atoms with Crippen LogP contribution in [-0.2, 0) is 16.1 Å². The maximum Gasteiger partial charge on any atom is 0.236 e. The van der Waals surface area contributed by atoms with Gasteiger partial charge in [-0.15, -0.1) is 0 Å². The molecule has 0 aliphatic rings. The van der Waals surface area contributed by atoms with Crippen molar-refractivity contribution in [2.45, 2.75) is 27.3 Å². The van der Waals surface area contributed by atoms with Gasteiger partial charge in [-0.25, -0.2) is 0 Å². The Morgan fingerprint density at radius 2 is 1.75 bits per heavy atom. The highest BCUT2D eigenvalue weighted by Gasteiger charge is 2.16. The van der Waals surface area contributed by atoms with Gasteiger partial charge in [0.05, 0.1) is 19.7 Å². The monoisotopic (exact) mass is 335 g/mol. The summed E-state index contributed by atoms with van der Waals surface area (Å²) in [6.45, 7) is 8.67. The molecule has 0 bridgehead atoms. The van der Waals surface area contributed by atoms with Gasteiger partial charge in [0.1, 0.15) is 5.75 Å². The quantitative estimate of drug-likeness (QED) is 0.704. The van der Waals surface area contributed by atoms with E-state index in [2.05, 4.69) is 5.32 Å². The van der Waals surface area contributed by atoms with E-state index in [1.807, 2.05) is 49.9 Å². The number of carbonyl (C=O) groups is 2. The summed E-state index contributed by atoms with van der Waals surface area (Å²) < 4.78 is 5.41. The lowest BCUT2D eigenvalue weighted by atomic mass is 10.2. The van der Waals surface area contributed by atoms with Crippen molar-refractivity contribution in [1.29, 1.82) is 0 Å². The zero-order chi connectivity index (χ0) is 17.9. The largest absolute Gasteiger partial charge is 0.494 e. The van der Waals surface area contributed by atoms with Gasteiger partial charge in [0.15, 0.2) is 0 Å². The minimum atomic E-state index is -0.0543. The molecule has 0 saturated carbocycles. The standard InChI is InChI=1S/C18H29N3O3/c1-5-19-17(22)13-21(6-2)14-18(23)20(4)12-15-8-10-16(11-9-15)24-7-3/h8-11H,5-7,12-14H2,1-4H3,(H,19,22). The number of likely N-dealkylation sites (N-methyl/N-ethyl adjacent to an activating group) is 3. The van der Waals surface area contributed by atoms with Gasteiger partial charge in [0.2, 0.25) is 11.8 Å². The summed E-state index contributed by atoms with van der Waals surface area (Å²) in [5.41, 5.74) is 1.04. The smallest absolute Gasteiger partial charge is 0.236 e. The van der Waals surface area contributed by atoms with Gasteiger partial charge in [-0.2, -0.15) is 0 Å². The molecule has 6 nitrogen and oxygen atoms in total. The van der Waals surface area contributed by atoms with Crippen LogP contribution in [0.2, 0.25) is 0 Å². The van der Waals surface area contributed by atoms with Crippen LogP contribution in [0.15, 0.2) is 24.3 Å². The Kier molecular flexibility index (Phi) is 8.86. The van der Waals surface area contributed by atoms with E-state index in [0.717, 1.165) is 11.3 Å². The van der Waals surface area contributed by atoms with Crippen molar-refractivity contribution in [1.82, 2.24) is 15.1 Å². The summed E-state index contributed by atoms with van der Waals surface area (Å²) in [4.78, 5) is 27.5. The summed E-state index contributed by atoms with van der Waals surface area (Å²) in [6, 6.07) is 7.73. The van der Waals surface area contributed by atoms with Gasteiger partial charge >= 0.3 is 0 Å². The first-order chi connectivity index (χ1) is 11.5. The second kappa shape index (κ2) is 10.6. The first-order valence-electron chi connectivity index (χ1n) is 8.44. The lowest BCUT2D eigenvalue weighted by molar-refractivity contribution is -0.132. The van der Waals surface area contributed by atoms with Crippen LogP contribution < -0.4 is 10.1 Å². The molecular weight excluding hydrogens is 306 g/mol. The maximum absolute atomic E-state index is 12.4.